The van der Waals surface area contributed by atoms with E-state index in [9.17, 15) is 0 Å². The number of rotatable bonds is 4. The highest BCUT2D eigenvalue weighted by Gasteiger charge is 2.36. The van der Waals surface area contributed by atoms with Crippen LogP contribution in [0.2, 0.25) is 0 Å². The van der Waals surface area contributed by atoms with Crippen LogP contribution in [0.3, 0.4) is 0 Å². The summed E-state index contributed by atoms with van der Waals surface area (Å²) >= 11 is 0. The van der Waals surface area contributed by atoms with Gasteiger partial charge in [-0.3, -0.25) is 4.40 Å². The van der Waals surface area contributed by atoms with Crippen LogP contribution in [-0.2, 0) is 6.42 Å². The maximum atomic E-state index is 4.63. The van der Waals surface area contributed by atoms with Crippen molar-refractivity contribution in [2.45, 2.75) is 46.1 Å². The van der Waals surface area contributed by atoms with Gasteiger partial charge in [-0.25, -0.2) is 19.5 Å². The Labute approximate surface area is 157 Å². The lowest BCUT2D eigenvalue weighted by Gasteiger charge is -2.42. The molecule has 138 valence electrons. The molecule has 7 nitrogen and oxygen atoms in total. The lowest BCUT2D eigenvalue weighted by molar-refractivity contribution is 0.167. The Kier molecular flexibility index (Phi) is 3.47. The Hall–Kier alpha value is -2.96. The number of hydrogen-bond donors (Lipinski definition) is 1. The molecule has 1 fully saturated rings. The van der Waals surface area contributed by atoms with Crippen LogP contribution in [0.5, 0.6) is 0 Å². The molecular weight excluding hydrogens is 338 g/mol. The van der Waals surface area contributed by atoms with E-state index < -0.39 is 0 Å². The van der Waals surface area contributed by atoms with Crippen LogP contribution in [0, 0.1) is 5.41 Å². The van der Waals surface area contributed by atoms with Gasteiger partial charge in [0.2, 0.25) is 11.7 Å². The van der Waals surface area contributed by atoms with Crippen LogP contribution in [0.1, 0.15) is 39.3 Å². The number of hydrogen-bond acceptors (Lipinski definition) is 5. The lowest BCUT2D eigenvalue weighted by atomic mass is 9.68. The Bertz CT molecular complexity index is 1130. The van der Waals surface area contributed by atoms with Gasteiger partial charge in [0, 0.05) is 41.5 Å². The normalized spacial score (nSPS) is 16.7. The average molecular weight is 361 g/mol. The lowest BCUT2D eigenvalue weighted by Crippen LogP contribution is -2.41. The summed E-state index contributed by atoms with van der Waals surface area (Å²) < 4.78 is 3.93. The monoisotopic (exact) mass is 361 g/mol. The van der Waals surface area contributed by atoms with Crippen molar-refractivity contribution in [2.24, 2.45) is 5.41 Å². The minimum absolute atomic E-state index is 0.429. The largest absolute Gasteiger partial charge is 0.350 e. The molecule has 0 spiro atoms. The van der Waals surface area contributed by atoms with Crippen LogP contribution in [0.25, 0.3) is 22.4 Å². The van der Waals surface area contributed by atoms with Gasteiger partial charge in [0.05, 0.1) is 17.9 Å². The maximum Gasteiger partial charge on any atom is 0.241 e. The van der Waals surface area contributed by atoms with E-state index in [-0.39, 0.29) is 0 Å². The van der Waals surface area contributed by atoms with Crippen molar-refractivity contribution in [3.63, 3.8) is 0 Å². The fourth-order valence-corrected chi connectivity index (χ4v) is 4.09. The molecule has 0 radical (unpaired) electrons. The van der Waals surface area contributed by atoms with Gasteiger partial charge in [0.25, 0.3) is 0 Å². The van der Waals surface area contributed by atoms with Crippen molar-refractivity contribution in [3.05, 3.63) is 42.7 Å². The van der Waals surface area contributed by atoms with Crippen LogP contribution in [0.15, 0.2) is 37.1 Å². The Morgan fingerprint density at radius 1 is 1.15 bits per heavy atom. The van der Waals surface area contributed by atoms with E-state index in [0.717, 1.165) is 47.4 Å². The van der Waals surface area contributed by atoms with Crippen molar-refractivity contribution >= 4 is 17.2 Å². The van der Waals surface area contributed by atoms with Gasteiger partial charge in [-0.1, -0.05) is 20.8 Å². The first-order valence-corrected chi connectivity index (χ1v) is 9.46. The van der Waals surface area contributed by atoms with Crippen LogP contribution < -0.4 is 5.32 Å². The molecule has 7 heteroatoms. The summed E-state index contributed by atoms with van der Waals surface area (Å²) in [5.41, 5.74) is 4.64. The SMILES string of the molecule is CCc1cnc2ncc(-c3ccn4nc(NC5CC(C)(C)C5)ncc34)cn12. The van der Waals surface area contributed by atoms with E-state index in [0.29, 0.717) is 17.4 Å². The average Bonchev–Trinajstić information content (AvgIpc) is 3.22. The number of aromatic nitrogens is 6. The molecule has 0 saturated heterocycles. The predicted octanol–water partition coefficient (Wildman–Crippen LogP) is 3.60. The van der Waals surface area contributed by atoms with Crippen molar-refractivity contribution in [3.8, 4) is 11.1 Å². The molecule has 1 aliphatic rings. The van der Waals surface area contributed by atoms with Crippen molar-refractivity contribution < 1.29 is 0 Å². The minimum Gasteiger partial charge on any atom is -0.350 e. The standard InChI is InChI=1S/C20H23N7/c1-4-15-10-23-19-22-9-13(12-26(15)19)16-5-6-27-17(16)11-21-18(25-27)24-14-7-20(2,3)8-14/h5-6,9-12,14H,4,7-8H2,1-3H3,(H,24,25). The van der Waals surface area contributed by atoms with E-state index in [4.69, 9.17) is 0 Å². The van der Waals surface area contributed by atoms with Crippen LogP contribution in [0.4, 0.5) is 5.95 Å². The van der Waals surface area contributed by atoms with E-state index in [1.165, 1.54) is 0 Å². The highest BCUT2D eigenvalue weighted by atomic mass is 15.3. The van der Waals surface area contributed by atoms with E-state index in [1.807, 2.05) is 33.7 Å². The number of imidazole rings is 1. The molecule has 4 aromatic rings. The number of fused-ring (bicyclic) bond motifs is 2. The van der Waals surface area contributed by atoms with Gasteiger partial charge in [0.1, 0.15) is 0 Å². The zero-order valence-corrected chi connectivity index (χ0v) is 15.8. The first-order chi connectivity index (χ1) is 13.0. The number of nitrogens with zero attached hydrogens (tertiary/aromatic N) is 6. The maximum absolute atomic E-state index is 4.63. The summed E-state index contributed by atoms with van der Waals surface area (Å²) in [4.78, 5) is 13.4. The van der Waals surface area contributed by atoms with E-state index >= 15 is 0 Å². The van der Waals surface area contributed by atoms with E-state index in [2.05, 4.69) is 58.4 Å². The zero-order valence-electron chi connectivity index (χ0n) is 15.8. The molecule has 1 saturated carbocycles. The quantitative estimate of drug-likeness (QED) is 0.601. The third-order valence-corrected chi connectivity index (χ3v) is 5.46. The summed E-state index contributed by atoms with van der Waals surface area (Å²) in [7, 11) is 0. The molecule has 27 heavy (non-hydrogen) atoms. The van der Waals surface area contributed by atoms with Gasteiger partial charge in [-0.15, -0.1) is 5.10 Å². The molecule has 0 bridgehead atoms. The molecule has 4 heterocycles. The molecule has 4 aromatic heterocycles. The Balaban J connectivity index is 1.47. The molecule has 0 aromatic carbocycles. The first kappa shape index (κ1) is 16.2. The third-order valence-electron chi connectivity index (χ3n) is 5.46. The fourth-order valence-electron chi connectivity index (χ4n) is 4.09. The third kappa shape index (κ3) is 2.74. The molecule has 1 N–H and O–H groups in total. The van der Waals surface area contributed by atoms with Gasteiger partial charge in [0.15, 0.2) is 0 Å². The second-order valence-corrected chi connectivity index (χ2v) is 8.17. The van der Waals surface area contributed by atoms with Crippen LogP contribution >= 0.6 is 0 Å². The van der Waals surface area contributed by atoms with Gasteiger partial charge >= 0.3 is 0 Å². The van der Waals surface area contributed by atoms with Crippen molar-refractivity contribution in [1.82, 2.24) is 29.0 Å². The second-order valence-electron chi connectivity index (χ2n) is 8.17. The minimum atomic E-state index is 0.429. The number of aryl methyl sites for hydroxylation is 1. The van der Waals surface area contributed by atoms with Gasteiger partial charge in [-0.05, 0) is 30.7 Å². The fraction of sp³-hybridized carbons (Fsp3) is 0.400. The number of anilines is 1. The number of nitrogens with one attached hydrogen (secondary N) is 1. The molecule has 0 atom stereocenters. The van der Waals surface area contributed by atoms with Crippen molar-refractivity contribution in [1.29, 1.82) is 0 Å². The summed E-state index contributed by atoms with van der Waals surface area (Å²) in [5, 5.41) is 8.08. The molecule has 1 aliphatic carbocycles. The highest BCUT2D eigenvalue weighted by Crippen LogP contribution is 2.41. The van der Waals surface area contributed by atoms with Crippen molar-refractivity contribution in [2.75, 3.05) is 5.32 Å². The molecule has 0 aliphatic heterocycles. The summed E-state index contributed by atoms with van der Waals surface area (Å²) in [5.74, 6) is 1.41. The van der Waals surface area contributed by atoms with E-state index in [1.54, 1.807) is 0 Å². The molecule has 0 unspecified atom stereocenters. The Morgan fingerprint density at radius 3 is 2.74 bits per heavy atom. The molecule has 0 amide bonds. The first-order valence-electron chi connectivity index (χ1n) is 9.46. The summed E-state index contributed by atoms with van der Waals surface area (Å²) in [6.45, 7) is 6.71. The molecular formula is C20H23N7. The smallest absolute Gasteiger partial charge is 0.241 e. The van der Waals surface area contributed by atoms with Gasteiger partial charge in [-0.2, -0.15) is 0 Å². The summed E-state index contributed by atoms with van der Waals surface area (Å²) in [6.07, 6.45) is 12.9. The second kappa shape index (κ2) is 5.77. The zero-order chi connectivity index (χ0) is 18.6. The highest BCUT2D eigenvalue weighted by molar-refractivity contribution is 5.79. The summed E-state index contributed by atoms with van der Waals surface area (Å²) in [6, 6.07) is 2.53. The van der Waals surface area contributed by atoms with Crippen LogP contribution in [-0.4, -0.2) is 35.0 Å². The molecule has 5 rings (SSSR count). The topological polar surface area (TPSA) is 72.4 Å². The predicted molar refractivity (Wildman–Crippen MR) is 105 cm³/mol. The Morgan fingerprint density at radius 2 is 1.96 bits per heavy atom. The van der Waals surface area contributed by atoms with Gasteiger partial charge < -0.3 is 5.32 Å².